The van der Waals surface area contributed by atoms with Crippen LogP contribution in [0.15, 0.2) is 36.5 Å². The summed E-state index contributed by atoms with van der Waals surface area (Å²) >= 11 is 0. The van der Waals surface area contributed by atoms with Crippen LogP contribution < -0.4 is 10.1 Å². The number of piperidine rings is 1. The quantitative estimate of drug-likeness (QED) is 0.629. The number of nitrogens with zero attached hydrogens (tertiary/aromatic N) is 4. The molecular weight excluding hydrogens is 470 g/mol. The van der Waals surface area contributed by atoms with Crippen LogP contribution in [0.1, 0.15) is 71.6 Å². The summed E-state index contributed by atoms with van der Waals surface area (Å²) in [4.78, 5) is 45.0. The van der Waals surface area contributed by atoms with E-state index in [1.54, 1.807) is 17.2 Å². The average Bonchev–Trinajstić information content (AvgIpc) is 3.19. The highest BCUT2D eigenvalue weighted by molar-refractivity contribution is 6.05. The largest absolute Gasteiger partial charge is 0.489 e. The Hall–Kier alpha value is -3.77. The number of carbonyl (C=O) groups excluding carboxylic acids is 3. The maximum Gasteiger partial charge on any atom is 0.255 e. The minimum absolute atomic E-state index is 0.0724. The highest BCUT2D eigenvalue weighted by Gasteiger charge is 2.41. The molecule has 1 aromatic heterocycles. The molecule has 1 aliphatic carbocycles. The van der Waals surface area contributed by atoms with Gasteiger partial charge in [0.05, 0.1) is 0 Å². The van der Waals surface area contributed by atoms with Crippen molar-refractivity contribution in [3.63, 3.8) is 0 Å². The van der Waals surface area contributed by atoms with E-state index in [1.165, 1.54) is 12.0 Å². The summed E-state index contributed by atoms with van der Waals surface area (Å²) in [6.45, 7) is 2.23. The third-order valence-corrected chi connectivity index (χ3v) is 8.20. The van der Waals surface area contributed by atoms with Crippen LogP contribution in [-0.4, -0.2) is 63.8 Å². The summed E-state index contributed by atoms with van der Waals surface area (Å²) in [6.07, 6.45) is 6.76. The van der Waals surface area contributed by atoms with Crippen molar-refractivity contribution in [3.05, 3.63) is 58.9 Å². The Balaban J connectivity index is 1.12. The molecule has 0 spiro atoms. The van der Waals surface area contributed by atoms with Gasteiger partial charge in [0.15, 0.2) is 0 Å². The van der Waals surface area contributed by atoms with Crippen LogP contribution in [0.3, 0.4) is 0 Å². The van der Waals surface area contributed by atoms with E-state index in [-0.39, 0.29) is 24.3 Å². The monoisotopic (exact) mass is 499 g/mol. The van der Waals surface area contributed by atoms with Gasteiger partial charge >= 0.3 is 0 Å². The van der Waals surface area contributed by atoms with E-state index >= 15 is 0 Å². The van der Waals surface area contributed by atoms with Crippen molar-refractivity contribution < 1.29 is 19.1 Å². The SMILES string of the molecule is N#Cc1cc(C2CN([C@@H]3CCCC[C@H]3Oc3ccc4c(c3)CN([C@@H]3CCC(=O)NC3=O)C4=O)C2)ccn1. The molecule has 6 rings (SSSR count). The zero-order valence-electron chi connectivity index (χ0n) is 20.6. The minimum atomic E-state index is -0.617. The van der Waals surface area contributed by atoms with Gasteiger partial charge in [-0.25, -0.2) is 4.98 Å². The average molecular weight is 500 g/mol. The smallest absolute Gasteiger partial charge is 0.255 e. The molecule has 0 radical (unpaired) electrons. The van der Waals surface area contributed by atoms with Crippen LogP contribution in [0, 0.1) is 11.3 Å². The zero-order valence-corrected chi connectivity index (χ0v) is 20.6. The molecule has 3 amide bonds. The number of pyridine rings is 1. The fourth-order valence-corrected chi connectivity index (χ4v) is 6.19. The summed E-state index contributed by atoms with van der Waals surface area (Å²) in [5, 5.41) is 11.5. The number of hydrogen-bond acceptors (Lipinski definition) is 7. The number of nitrogens with one attached hydrogen (secondary N) is 1. The number of benzene rings is 1. The molecule has 4 aliphatic rings. The van der Waals surface area contributed by atoms with Gasteiger partial charge in [-0.05, 0) is 67.1 Å². The lowest BCUT2D eigenvalue weighted by molar-refractivity contribution is -0.136. The van der Waals surface area contributed by atoms with E-state index in [9.17, 15) is 14.4 Å². The molecule has 4 heterocycles. The molecule has 2 aromatic rings. The molecular formula is C28H29N5O4. The normalized spacial score (nSPS) is 26.3. The second-order valence-electron chi connectivity index (χ2n) is 10.5. The molecule has 2 saturated heterocycles. The fourth-order valence-electron chi connectivity index (χ4n) is 6.19. The number of carbonyl (C=O) groups is 3. The highest BCUT2D eigenvalue weighted by atomic mass is 16.5. The number of rotatable bonds is 5. The van der Waals surface area contributed by atoms with Crippen molar-refractivity contribution in [1.82, 2.24) is 20.1 Å². The maximum absolute atomic E-state index is 13.0. The minimum Gasteiger partial charge on any atom is -0.489 e. The first-order chi connectivity index (χ1) is 18.0. The van der Waals surface area contributed by atoms with Crippen LogP contribution in [0.5, 0.6) is 5.75 Å². The summed E-state index contributed by atoms with van der Waals surface area (Å²) in [6, 6.07) is 11.3. The Morgan fingerprint density at radius 1 is 1.05 bits per heavy atom. The van der Waals surface area contributed by atoms with Gasteiger partial charge in [-0.1, -0.05) is 6.42 Å². The molecule has 9 nitrogen and oxygen atoms in total. The Morgan fingerprint density at radius 3 is 2.70 bits per heavy atom. The lowest BCUT2D eigenvalue weighted by Crippen LogP contribution is -2.57. The van der Waals surface area contributed by atoms with E-state index in [0.29, 0.717) is 36.2 Å². The number of likely N-dealkylation sites (tertiary alicyclic amines) is 1. The molecule has 190 valence electrons. The van der Waals surface area contributed by atoms with Crippen LogP contribution in [0.25, 0.3) is 0 Å². The summed E-state index contributed by atoms with van der Waals surface area (Å²) in [5.74, 6) is 0.293. The first-order valence-corrected chi connectivity index (χ1v) is 13.0. The first kappa shape index (κ1) is 23.6. The van der Waals surface area contributed by atoms with E-state index in [2.05, 4.69) is 21.3 Å². The standard InChI is InChI=1S/C28H29N5O4/c29-13-20-11-17(9-10-30-20)19-14-32(15-19)23-3-1-2-4-25(23)37-21-5-6-22-18(12-21)16-33(28(22)36)24-7-8-26(34)31-27(24)35/h5-6,9-12,19,23-25H,1-4,7-8,14-16H2,(H,31,34,35)/t23-,24-,25-/m1/s1. The number of hydrogen-bond donors (Lipinski definition) is 1. The van der Waals surface area contributed by atoms with E-state index < -0.39 is 11.9 Å². The Labute approximate surface area is 215 Å². The van der Waals surface area contributed by atoms with Gasteiger partial charge in [-0.2, -0.15) is 5.26 Å². The first-order valence-electron chi connectivity index (χ1n) is 13.0. The fraction of sp³-hybridized carbons (Fsp3) is 0.464. The van der Waals surface area contributed by atoms with Crippen LogP contribution in [0.2, 0.25) is 0 Å². The maximum atomic E-state index is 13.0. The lowest BCUT2D eigenvalue weighted by atomic mass is 9.84. The number of ether oxygens (including phenoxy) is 1. The van der Waals surface area contributed by atoms with E-state index in [0.717, 1.165) is 43.7 Å². The van der Waals surface area contributed by atoms with Gasteiger partial charge in [0.1, 0.15) is 29.7 Å². The van der Waals surface area contributed by atoms with Gasteiger partial charge in [-0.3, -0.25) is 24.6 Å². The predicted molar refractivity (Wildman–Crippen MR) is 132 cm³/mol. The van der Waals surface area contributed by atoms with Crippen molar-refractivity contribution >= 4 is 17.7 Å². The van der Waals surface area contributed by atoms with E-state index in [1.807, 2.05) is 24.3 Å². The van der Waals surface area contributed by atoms with Crippen LogP contribution in [0.4, 0.5) is 0 Å². The highest BCUT2D eigenvalue weighted by Crippen LogP contribution is 2.36. The summed E-state index contributed by atoms with van der Waals surface area (Å²) < 4.78 is 6.53. The van der Waals surface area contributed by atoms with Crippen molar-refractivity contribution in [2.75, 3.05) is 13.1 Å². The number of aromatic nitrogens is 1. The molecule has 37 heavy (non-hydrogen) atoms. The van der Waals surface area contributed by atoms with Crippen LogP contribution in [-0.2, 0) is 16.1 Å². The van der Waals surface area contributed by atoms with Crippen molar-refractivity contribution in [3.8, 4) is 11.8 Å². The molecule has 1 saturated carbocycles. The number of fused-ring (bicyclic) bond motifs is 1. The van der Waals surface area contributed by atoms with Gasteiger partial charge in [0, 0.05) is 49.8 Å². The summed E-state index contributed by atoms with van der Waals surface area (Å²) in [7, 11) is 0. The van der Waals surface area contributed by atoms with Gasteiger partial charge in [0.25, 0.3) is 5.91 Å². The topological polar surface area (TPSA) is 116 Å². The van der Waals surface area contributed by atoms with Crippen molar-refractivity contribution in [1.29, 1.82) is 5.26 Å². The number of nitriles is 1. The predicted octanol–water partition coefficient (Wildman–Crippen LogP) is 2.50. The van der Waals surface area contributed by atoms with Crippen molar-refractivity contribution in [2.24, 2.45) is 0 Å². The van der Waals surface area contributed by atoms with Gasteiger partial charge in [-0.15, -0.1) is 0 Å². The third-order valence-electron chi connectivity index (χ3n) is 8.20. The Kier molecular flexibility index (Phi) is 6.13. The number of amides is 3. The molecule has 3 fully saturated rings. The Morgan fingerprint density at radius 2 is 1.89 bits per heavy atom. The van der Waals surface area contributed by atoms with E-state index in [4.69, 9.17) is 10.00 Å². The molecule has 3 aliphatic heterocycles. The number of imide groups is 1. The van der Waals surface area contributed by atoms with Crippen molar-refractivity contribution in [2.45, 2.75) is 69.2 Å². The van der Waals surface area contributed by atoms with Gasteiger partial charge < -0.3 is 9.64 Å². The Bertz CT molecular complexity index is 1300. The molecule has 1 N–H and O–H groups in total. The molecule has 1 aromatic carbocycles. The lowest BCUT2D eigenvalue weighted by Gasteiger charge is -2.48. The molecule has 9 heteroatoms. The van der Waals surface area contributed by atoms with Crippen LogP contribution >= 0.6 is 0 Å². The van der Waals surface area contributed by atoms with Gasteiger partial charge in [0.2, 0.25) is 11.8 Å². The second-order valence-corrected chi connectivity index (χ2v) is 10.5. The molecule has 3 atom stereocenters. The second kappa shape index (κ2) is 9.60. The molecule has 0 unspecified atom stereocenters. The summed E-state index contributed by atoms with van der Waals surface area (Å²) in [5.41, 5.74) is 3.08. The zero-order chi connectivity index (χ0) is 25.5. The molecule has 0 bridgehead atoms. The third kappa shape index (κ3) is 4.46.